The lowest BCUT2D eigenvalue weighted by Gasteiger charge is -2.30. The van der Waals surface area contributed by atoms with Gasteiger partial charge in [-0.1, -0.05) is 35.9 Å². The van der Waals surface area contributed by atoms with Gasteiger partial charge in [0, 0.05) is 22.6 Å². The van der Waals surface area contributed by atoms with E-state index >= 15 is 0 Å². The first-order valence-electron chi connectivity index (χ1n) is 9.49. The number of hydrogen-bond acceptors (Lipinski definition) is 6. The van der Waals surface area contributed by atoms with Crippen LogP contribution in [0, 0.1) is 0 Å². The van der Waals surface area contributed by atoms with Crippen LogP contribution in [0.5, 0.6) is 0 Å². The molecule has 1 unspecified atom stereocenters. The van der Waals surface area contributed by atoms with Gasteiger partial charge in [-0.15, -0.1) is 0 Å². The summed E-state index contributed by atoms with van der Waals surface area (Å²) >= 11 is 7.70. The van der Waals surface area contributed by atoms with E-state index in [1.807, 2.05) is 34.3 Å². The Balaban J connectivity index is 1.75. The fourth-order valence-corrected chi connectivity index (χ4v) is 5.41. The quantitative estimate of drug-likeness (QED) is 0.396. The van der Waals surface area contributed by atoms with Gasteiger partial charge in [-0.2, -0.15) is 4.98 Å². The standard InChI is InChI=1S/C22H14ClN3O3S/c23-12-7-5-11(6-8-12)16-17-19(13-3-1-2-4-14(13)29-22(17)28)25-20-18(16)21(27)24-15-9-10-30-26(15)20/h1-8,16,25H,9-10H2. The van der Waals surface area contributed by atoms with Gasteiger partial charge in [-0.3, -0.25) is 8.77 Å². The van der Waals surface area contributed by atoms with E-state index in [-0.39, 0.29) is 5.56 Å². The van der Waals surface area contributed by atoms with Gasteiger partial charge in [0.05, 0.1) is 22.7 Å². The van der Waals surface area contributed by atoms with Crippen molar-refractivity contribution in [1.82, 2.24) is 8.96 Å². The number of fused-ring (bicyclic) bond motifs is 6. The van der Waals surface area contributed by atoms with Crippen LogP contribution in [0.1, 0.15) is 28.4 Å². The molecule has 2 aliphatic heterocycles. The molecule has 0 saturated carbocycles. The molecule has 0 fully saturated rings. The number of hydrogen-bond donors (Lipinski definition) is 1. The molecule has 0 bridgehead atoms. The van der Waals surface area contributed by atoms with E-state index in [0.29, 0.717) is 33.2 Å². The topological polar surface area (TPSA) is 77.1 Å². The minimum Gasteiger partial charge on any atom is -0.422 e. The molecule has 1 N–H and O–H groups in total. The van der Waals surface area contributed by atoms with E-state index in [0.717, 1.165) is 28.9 Å². The summed E-state index contributed by atoms with van der Waals surface area (Å²) in [5.41, 5.74) is 2.01. The number of aryl methyl sites for hydroxylation is 1. The molecule has 4 aromatic rings. The van der Waals surface area contributed by atoms with Gasteiger partial charge in [-0.25, -0.2) is 4.79 Å². The van der Waals surface area contributed by atoms with Crippen LogP contribution in [-0.4, -0.2) is 14.7 Å². The van der Waals surface area contributed by atoms with Crippen molar-refractivity contribution in [3.63, 3.8) is 0 Å². The zero-order valence-corrected chi connectivity index (χ0v) is 17.1. The number of para-hydroxylation sites is 1. The monoisotopic (exact) mass is 435 g/mol. The average molecular weight is 436 g/mol. The van der Waals surface area contributed by atoms with Gasteiger partial charge in [0.15, 0.2) is 0 Å². The summed E-state index contributed by atoms with van der Waals surface area (Å²) < 4.78 is 7.61. The molecular formula is C22H14ClN3O3S. The molecule has 1 atom stereocenters. The van der Waals surface area contributed by atoms with E-state index < -0.39 is 11.5 Å². The molecular weight excluding hydrogens is 422 g/mol. The first kappa shape index (κ1) is 17.8. The third kappa shape index (κ3) is 2.49. The lowest BCUT2D eigenvalue weighted by atomic mass is 9.83. The number of anilines is 2. The fourth-order valence-electron chi connectivity index (χ4n) is 4.28. The number of nitrogens with zero attached hydrogens (tertiary/aromatic N) is 2. The summed E-state index contributed by atoms with van der Waals surface area (Å²) in [7, 11) is 0. The lowest BCUT2D eigenvalue weighted by Crippen LogP contribution is -2.31. The first-order valence-corrected chi connectivity index (χ1v) is 10.8. The second-order valence-corrected chi connectivity index (χ2v) is 8.73. The lowest BCUT2D eigenvalue weighted by molar-refractivity contribution is 0.548. The molecule has 30 heavy (non-hydrogen) atoms. The predicted octanol–water partition coefficient (Wildman–Crippen LogP) is 4.29. The summed E-state index contributed by atoms with van der Waals surface area (Å²) in [6, 6.07) is 14.6. The highest BCUT2D eigenvalue weighted by molar-refractivity contribution is 7.98. The summed E-state index contributed by atoms with van der Waals surface area (Å²) in [4.78, 5) is 30.6. The number of benzene rings is 2. The van der Waals surface area contributed by atoms with Crippen molar-refractivity contribution >= 4 is 46.0 Å². The van der Waals surface area contributed by atoms with Gasteiger partial charge in [0.25, 0.3) is 5.56 Å². The second-order valence-electron chi connectivity index (χ2n) is 7.26. The van der Waals surface area contributed by atoms with Gasteiger partial charge in [-0.05, 0) is 41.8 Å². The highest BCUT2D eigenvalue weighted by Gasteiger charge is 2.37. The van der Waals surface area contributed by atoms with Crippen molar-refractivity contribution in [1.29, 1.82) is 0 Å². The van der Waals surface area contributed by atoms with E-state index in [2.05, 4.69) is 10.3 Å². The smallest absolute Gasteiger partial charge is 0.342 e. The van der Waals surface area contributed by atoms with Crippen LogP contribution in [0.3, 0.4) is 0 Å². The molecule has 2 aliphatic rings. The van der Waals surface area contributed by atoms with Crippen LogP contribution in [0.4, 0.5) is 11.5 Å². The van der Waals surface area contributed by atoms with Crippen molar-refractivity contribution in [2.45, 2.75) is 12.3 Å². The Morgan fingerprint density at radius 3 is 2.73 bits per heavy atom. The number of rotatable bonds is 1. The highest BCUT2D eigenvalue weighted by Crippen LogP contribution is 2.46. The van der Waals surface area contributed by atoms with Gasteiger partial charge >= 0.3 is 5.63 Å². The van der Waals surface area contributed by atoms with Crippen LogP contribution in [-0.2, 0) is 6.42 Å². The number of halogens is 1. The number of aromatic nitrogens is 2. The molecule has 148 valence electrons. The van der Waals surface area contributed by atoms with Crippen LogP contribution in [0.2, 0.25) is 5.02 Å². The normalized spacial score (nSPS) is 16.6. The van der Waals surface area contributed by atoms with Crippen molar-refractivity contribution in [3.8, 4) is 0 Å². The molecule has 2 aromatic heterocycles. The Bertz CT molecular complexity index is 1460. The van der Waals surface area contributed by atoms with E-state index in [1.54, 1.807) is 30.1 Å². The maximum atomic E-state index is 13.1. The summed E-state index contributed by atoms with van der Waals surface area (Å²) in [5.74, 6) is 1.66. The fraction of sp³-hybridized carbons (Fsp3) is 0.136. The maximum absolute atomic E-state index is 13.1. The Morgan fingerprint density at radius 1 is 1.10 bits per heavy atom. The summed E-state index contributed by atoms with van der Waals surface area (Å²) in [5, 5.41) is 4.76. The molecule has 0 spiro atoms. The maximum Gasteiger partial charge on any atom is 0.342 e. The minimum atomic E-state index is -0.603. The van der Waals surface area contributed by atoms with Crippen molar-refractivity contribution in [3.05, 3.63) is 96.8 Å². The summed E-state index contributed by atoms with van der Waals surface area (Å²) in [6.45, 7) is 0. The van der Waals surface area contributed by atoms with E-state index in [9.17, 15) is 9.59 Å². The van der Waals surface area contributed by atoms with Crippen molar-refractivity contribution < 1.29 is 4.42 Å². The highest BCUT2D eigenvalue weighted by atomic mass is 35.5. The molecule has 0 saturated heterocycles. The average Bonchev–Trinajstić information content (AvgIpc) is 3.22. The van der Waals surface area contributed by atoms with Crippen LogP contribution in [0.25, 0.3) is 11.0 Å². The molecule has 0 aliphatic carbocycles. The largest absolute Gasteiger partial charge is 0.422 e. The molecule has 6 nitrogen and oxygen atoms in total. The van der Waals surface area contributed by atoms with E-state index in [1.165, 1.54) is 0 Å². The van der Waals surface area contributed by atoms with Crippen molar-refractivity contribution in [2.75, 3.05) is 11.1 Å². The van der Waals surface area contributed by atoms with Crippen LogP contribution in [0.15, 0.2) is 62.5 Å². The molecule has 4 heterocycles. The van der Waals surface area contributed by atoms with Crippen LogP contribution >= 0.6 is 23.5 Å². The second kappa shape index (κ2) is 6.48. The Labute approximate surface area is 179 Å². The molecule has 0 radical (unpaired) electrons. The van der Waals surface area contributed by atoms with Gasteiger partial charge < -0.3 is 9.73 Å². The third-order valence-electron chi connectivity index (χ3n) is 5.57. The van der Waals surface area contributed by atoms with Crippen molar-refractivity contribution in [2.24, 2.45) is 0 Å². The van der Waals surface area contributed by atoms with Gasteiger partial charge in [0.2, 0.25) is 0 Å². The summed E-state index contributed by atoms with van der Waals surface area (Å²) in [6.07, 6.45) is 0.727. The SMILES string of the molecule is O=c1nc2n(c3c1C(c1ccc(Cl)cc1)c1c(c4ccccc4oc1=O)N3)SCC2. The zero-order valence-electron chi connectivity index (χ0n) is 15.5. The van der Waals surface area contributed by atoms with Gasteiger partial charge in [0.1, 0.15) is 17.2 Å². The Kier molecular flexibility index (Phi) is 3.85. The van der Waals surface area contributed by atoms with Crippen LogP contribution < -0.4 is 16.5 Å². The third-order valence-corrected chi connectivity index (χ3v) is 6.86. The minimum absolute atomic E-state index is 0.329. The Hall–Kier alpha value is -3.03. The predicted molar refractivity (Wildman–Crippen MR) is 118 cm³/mol. The molecule has 0 amide bonds. The Morgan fingerprint density at radius 2 is 1.90 bits per heavy atom. The van der Waals surface area contributed by atoms with E-state index in [4.69, 9.17) is 16.0 Å². The first-order chi connectivity index (χ1) is 14.6. The number of nitrogens with one attached hydrogen (secondary N) is 1. The molecule has 2 aromatic carbocycles. The molecule has 6 rings (SSSR count). The molecule has 8 heteroatoms. The zero-order chi connectivity index (χ0) is 20.4.